The minimum Gasteiger partial charge on any atom is -0.366 e. The third-order valence-corrected chi connectivity index (χ3v) is 5.30. The van der Waals surface area contributed by atoms with Crippen LogP contribution in [0.15, 0.2) is 24.3 Å². The number of piperidine rings is 1. The van der Waals surface area contributed by atoms with E-state index in [9.17, 15) is 14.9 Å². The Labute approximate surface area is 173 Å². The van der Waals surface area contributed by atoms with Crippen molar-refractivity contribution in [2.75, 3.05) is 18.0 Å². The molecule has 2 aromatic heterocycles. The van der Waals surface area contributed by atoms with Crippen LogP contribution in [0, 0.1) is 24.0 Å². The number of carbonyl (C=O) groups excluding carboxylic acids is 1. The Morgan fingerprint density at radius 1 is 1.17 bits per heavy atom. The molecule has 1 aliphatic rings. The summed E-state index contributed by atoms with van der Waals surface area (Å²) < 4.78 is 1.77. The van der Waals surface area contributed by atoms with Crippen LogP contribution in [0.5, 0.6) is 0 Å². The van der Waals surface area contributed by atoms with Crippen molar-refractivity contribution in [1.29, 1.82) is 0 Å². The van der Waals surface area contributed by atoms with E-state index >= 15 is 0 Å². The fraction of sp³-hybridized carbons (Fsp3) is 0.400. The van der Waals surface area contributed by atoms with Gasteiger partial charge in [0.1, 0.15) is 5.69 Å². The first-order chi connectivity index (χ1) is 14.4. The number of fused-ring (bicyclic) bond motifs is 1. The average molecular weight is 409 g/mol. The maximum Gasteiger partial charge on any atom is 0.293 e. The summed E-state index contributed by atoms with van der Waals surface area (Å²) in [6, 6.07) is 6.55. The highest BCUT2D eigenvalue weighted by Gasteiger charge is 2.23. The highest BCUT2D eigenvalue weighted by atomic mass is 16.6. The second-order valence-electron chi connectivity index (χ2n) is 7.48. The molecular formula is C20H23N7O3. The number of anilines is 1. The van der Waals surface area contributed by atoms with Crippen LogP contribution in [-0.4, -0.2) is 43.5 Å². The molecule has 3 aromatic rings. The van der Waals surface area contributed by atoms with Crippen molar-refractivity contribution in [1.82, 2.24) is 24.9 Å². The number of benzene rings is 1. The quantitative estimate of drug-likeness (QED) is 0.508. The monoisotopic (exact) mass is 409 g/mol. The molecule has 1 aromatic carbocycles. The summed E-state index contributed by atoms with van der Waals surface area (Å²) in [7, 11) is 0. The van der Waals surface area contributed by atoms with Crippen LogP contribution in [0.2, 0.25) is 0 Å². The maximum absolute atomic E-state index is 12.7. The number of nitro benzene ring substituents is 1. The Hall–Kier alpha value is -3.56. The van der Waals surface area contributed by atoms with Crippen molar-refractivity contribution in [3.05, 3.63) is 57.2 Å². The van der Waals surface area contributed by atoms with Crippen molar-refractivity contribution >= 4 is 23.1 Å². The number of aryl methyl sites for hydroxylation is 2. The van der Waals surface area contributed by atoms with E-state index in [-0.39, 0.29) is 17.8 Å². The highest BCUT2D eigenvalue weighted by Crippen LogP contribution is 2.31. The van der Waals surface area contributed by atoms with Crippen LogP contribution in [-0.2, 0) is 6.54 Å². The number of amides is 1. The Kier molecular flexibility index (Phi) is 5.30. The first-order valence-electron chi connectivity index (χ1n) is 9.94. The minimum atomic E-state index is -0.426. The first kappa shape index (κ1) is 19.7. The Morgan fingerprint density at radius 3 is 2.67 bits per heavy atom. The van der Waals surface area contributed by atoms with Crippen molar-refractivity contribution < 1.29 is 9.72 Å². The lowest BCUT2D eigenvalue weighted by molar-refractivity contribution is -0.384. The molecule has 10 heteroatoms. The summed E-state index contributed by atoms with van der Waals surface area (Å²) in [6.07, 6.45) is 3.16. The van der Waals surface area contributed by atoms with Crippen molar-refractivity contribution in [3.8, 4) is 0 Å². The van der Waals surface area contributed by atoms with Gasteiger partial charge in [0.15, 0.2) is 5.82 Å². The van der Waals surface area contributed by atoms with E-state index in [0.717, 1.165) is 43.7 Å². The molecule has 0 saturated carbocycles. The van der Waals surface area contributed by atoms with Gasteiger partial charge in [0.05, 0.1) is 11.5 Å². The van der Waals surface area contributed by atoms with E-state index in [4.69, 9.17) is 0 Å². The van der Waals surface area contributed by atoms with Gasteiger partial charge in [-0.25, -0.2) is 4.98 Å². The molecule has 1 saturated heterocycles. The first-order valence-corrected chi connectivity index (χ1v) is 9.94. The molecule has 3 heterocycles. The van der Waals surface area contributed by atoms with Gasteiger partial charge in [0.2, 0.25) is 0 Å². The summed E-state index contributed by atoms with van der Waals surface area (Å²) in [5.41, 5.74) is 2.50. The number of hydrogen-bond donors (Lipinski definition) is 1. The van der Waals surface area contributed by atoms with Crippen LogP contribution < -0.4 is 10.2 Å². The Balaban J connectivity index is 1.54. The molecule has 0 atom stereocenters. The van der Waals surface area contributed by atoms with Crippen LogP contribution in [0.3, 0.4) is 0 Å². The number of carbonyl (C=O) groups is 1. The SMILES string of the molecule is Cc1cc(C)n2c(CNC(=O)c3ccc(N4CCCCC4)c([N+](=O)[O-])c3)nnc2n1. The molecule has 10 nitrogen and oxygen atoms in total. The van der Waals surface area contributed by atoms with E-state index in [2.05, 4.69) is 20.5 Å². The molecule has 0 aliphatic carbocycles. The molecule has 0 radical (unpaired) electrons. The van der Waals surface area contributed by atoms with Gasteiger partial charge >= 0.3 is 0 Å². The van der Waals surface area contributed by atoms with Gasteiger partial charge in [-0.3, -0.25) is 19.3 Å². The number of hydrogen-bond acceptors (Lipinski definition) is 7. The molecule has 0 bridgehead atoms. The average Bonchev–Trinajstić information content (AvgIpc) is 3.15. The molecule has 1 N–H and O–H groups in total. The summed E-state index contributed by atoms with van der Waals surface area (Å²) in [5, 5.41) is 22.5. The molecule has 1 fully saturated rings. The summed E-state index contributed by atoms with van der Waals surface area (Å²) >= 11 is 0. The predicted octanol–water partition coefficient (Wildman–Crippen LogP) is 2.57. The van der Waals surface area contributed by atoms with Crippen LogP contribution >= 0.6 is 0 Å². The molecule has 156 valence electrons. The zero-order chi connectivity index (χ0) is 21.3. The third-order valence-electron chi connectivity index (χ3n) is 5.30. The Morgan fingerprint density at radius 2 is 1.93 bits per heavy atom. The Bertz CT molecular complexity index is 1120. The summed E-state index contributed by atoms with van der Waals surface area (Å²) in [6.45, 7) is 5.51. The minimum absolute atomic E-state index is 0.0482. The van der Waals surface area contributed by atoms with Gasteiger partial charge in [-0.05, 0) is 51.3 Å². The molecule has 1 amide bonds. The fourth-order valence-corrected chi connectivity index (χ4v) is 3.89. The van der Waals surface area contributed by atoms with E-state index in [1.165, 1.54) is 6.07 Å². The second kappa shape index (κ2) is 8.05. The van der Waals surface area contributed by atoms with Crippen LogP contribution in [0.1, 0.15) is 46.8 Å². The van der Waals surface area contributed by atoms with Gasteiger partial charge in [0, 0.05) is 36.1 Å². The lowest BCUT2D eigenvalue weighted by atomic mass is 10.1. The van der Waals surface area contributed by atoms with E-state index < -0.39 is 10.8 Å². The highest BCUT2D eigenvalue weighted by molar-refractivity contribution is 5.95. The summed E-state index contributed by atoms with van der Waals surface area (Å²) in [5.74, 6) is 0.610. The largest absolute Gasteiger partial charge is 0.366 e. The molecule has 0 unspecified atom stereocenters. The lowest BCUT2D eigenvalue weighted by Crippen LogP contribution is -2.30. The van der Waals surface area contributed by atoms with E-state index in [1.54, 1.807) is 16.5 Å². The number of rotatable bonds is 5. The summed E-state index contributed by atoms with van der Waals surface area (Å²) in [4.78, 5) is 30.2. The van der Waals surface area contributed by atoms with Crippen LogP contribution in [0.4, 0.5) is 11.4 Å². The number of nitro groups is 1. The van der Waals surface area contributed by atoms with Crippen molar-refractivity contribution in [2.24, 2.45) is 0 Å². The second-order valence-corrected chi connectivity index (χ2v) is 7.48. The van der Waals surface area contributed by atoms with Gasteiger partial charge in [-0.15, -0.1) is 10.2 Å². The maximum atomic E-state index is 12.7. The standard InChI is InChI=1S/C20H23N7O3/c1-13-10-14(2)26-18(23-24-20(26)22-13)12-21-19(28)15-6-7-16(17(11-15)27(29)30)25-8-4-3-5-9-25/h6-7,10-11H,3-5,8-9,12H2,1-2H3,(H,21,28). The fourth-order valence-electron chi connectivity index (χ4n) is 3.89. The predicted molar refractivity (Wildman–Crippen MR) is 111 cm³/mol. The topological polar surface area (TPSA) is 119 Å². The molecule has 0 spiro atoms. The van der Waals surface area contributed by atoms with Gasteiger partial charge in [-0.1, -0.05) is 0 Å². The number of nitrogens with one attached hydrogen (secondary N) is 1. The zero-order valence-electron chi connectivity index (χ0n) is 17.0. The lowest BCUT2D eigenvalue weighted by Gasteiger charge is -2.28. The zero-order valence-corrected chi connectivity index (χ0v) is 17.0. The molecule has 1 aliphatic heterocycles. The van der Waals surface area contributed by atoms with Crippen molar-refractivity contribution in [2.45, 2.75) is 39.7 Å². The van der Waals surface area contributed by atoms with Crippen LogP contribution in [0.25, 0.3) is 5.78 Å². The van der Waals surface area contributed by atoms with Gasteiger partial charge < -0.3 is 10.2 Å². The number of aromatic nitrogens is 4. The van der Waals surface area contributed by atoms with Crippen molar-refractivity contribution in [3.63, 3.8) is 0 Å². The molecule has 30 heavy (non-hydrogen) atoms. The number of nitrogens with zero attached hydrogens (tertiary/aromatic N) is 6. The normalized spacial score (nSPS) is 14.1. The molecule has 4 rings (SSSR count). The van der Waals surface area contributed by atoms with E-state index in [0.29, 0.717) is 17.3 Å². The third kappa shape index (κ3) is 3.80. The van der Waals surface area contributed by atoms with Gasteiger partial charge in [-0.2, -0.15) is 0 Å². The van der Waals surface area contributed by atoms with Gasteiger partial charge in [0.25, 0.3) is 17.4 Å². The smallest absolute Gasteiger partial charge is 0.293 e. The molecular weight excluding hydrogens is 386 g/mol. The van der Waals surface area contributed by atoms with E-state index in [1.807, 2.05) is 24.8 Å².